The molecule has 8 nitrogen and oxygen atoms in total. The predicted molar refractivity (Wildman–Crippen MR) is 130 cm³/mol. The van der Waals surface area contributed by atoms with E-state index in [9.17, 15) is 19.2 Å². The summed E-state index contributed by atoms with van der Waals surface area (Å²) in [5, 5.41) is 0. The standard InChI is InChI=1S/C27H39NO7/c1-5-27(4,17-19-28-22(29)13-14-23(28)30)33-20-18-26(2,3)35-25(32)16-15-24(31)34-21-11-9-7-6-8-10-12-21/h13-14,21H,5,7,9-12,15-20H2,1-4H3. The van der Waals surface area contributed by atoms with Crippen LogP contribution in [0.2, 0.25) is 0 Å². The van der Waals surface area contributed by atoms with Crippen molar-refractivity contribution in [2.24, 2.45) is 0 Å². The van der Waals surface area contributed by atoms with E-state index in [0.717, 1.165) is 32.1 Å². The molecule has 194 valence electrons. The van der Waals surface area contributed by atoms with Gasteiger partial charge in [0.25, 0.3) is 11.8 Å². The van der Waals surface area contributed by atoms with Crippen LogP contribution < -0.4 is 0 Å². The topological polar surface area (TPSA) is 99.2 Å². The number of imide groups is 1. The van der Waals surface area contributed by atoms with Crippen LogP contribution in [0, 0.1) is 11.8 Å². The van der Waals surface area contributed by atoms with Gasteiger partial charge in [-0.2, -0.15) is 0 Å². The van der Waals surface area contributed by atoms with Crippen molar-refractivity contribution >= 4 is 23.8 Å². The lowest BCUT2D eigenvalue weighted by Gasteiger charge is -2.32. The van der Waals surface area contributed by atoms with Crippen LogP contribution >= 0.6 is 0 Å². The Bertz CT molecular complexity index is 848. The predicted octanol–water partition coefficient (Wildman–Crippen LogP) is 3.86. The number of carbonyl (C=O) groups is 4. The van der Waals surface area contributed by atoms with Gasteiger partial charge in [0.15, 0.2) is 0 Å². The molecule has 2 atom stereocenters. The summed E-state index contributed by atoms with van der Waals surface area (Å²) in [6.07, 6.45) is 8.04. The van der Waals surface area contributed by atoms with Gasteiger partial charge in [0.1, 0.15) is 11.7 Å². The summed E-state index contributed by atoms with van der Waals surface area (Å²) >= 11 is 0. The van der Waals surface area contributed by atoms with Gasteiger partial charge < -0.3 is 14.2 Å². The van der Waals surface area contributed by atoms with Crippen molar-refractivity contribution in [3.05, 3.63) is 12.2 Å². The smallest absolute Gasteiger partial charge is 0.306 e. The number of esters is 2. The minimum Gasteiger partial charge on any atom is -0.462 e. The first-order chi connectivity index (χ1) is 16.5. The second kappa shape index (κ2) is 13.4. The molecule has 0 aromatic carbocycles. The van der Waals surface area contributed by atoms with Crippen molar-refractivity contribution in [2.45, 2.75) is 109 Å². The number of amides is 2. The van der Waals surface area contributed by atoms with Gasteiger partial charge in [-0.1, -0.05) is 6.92 Å². The minimum absolute atomic E-state index is 0.00963. The van der Waals surface area contributed by atoms with E-state index in [0.29, 0.717) is 25.9 Å². The minimum atomic E-state index is -0.765. The van der Waals surface area contributed by atoms with Crippen molar-refractivity contribution in [1.29, 1.82) is 0 Å². The second-order valence-electron chi connectivity index (χ2n) is 9.94. The highest BCUT2D eigenvalue weighted by Gasteiger charge is 2.30. The normalized spacial score (nSPS) is 19.9. The van der Waals surface area contributed by atoms with Crippen LogP contribution in [0.1, 0.15) is 91.9 Å². The molecule has 2 amide bonds. The molecule has 2 rings (SSSR count). The highest BCUT2D eigenvalue weighted by molar-refractivity contribution is 6.12. The van der Waals surface area contributed by atoms with Crippen molar-refractivity contribution < 1.29 is 33.4 Å². The number of hydrogen-bond acceptors (Lipinski definition) is 7. The molecule has 0 aromatic heterocycles. The second-order valence-corrected chi connectivity index (χ2v) is 9.94. The molecule has 0 saturated carbocycles. The Hall–Kier alpha value is -2.66. The van der Waals surface area contributed by atoms with Crippen molar-refractivity contribution in [3.63, 3.8) is 0 Å². The Kier molecular flexibility index (Phi) is 11.0. The van der Waals surface area contributed by atoms with Gasteiger partial charge in [-0.05, 0) is 52.9 Å². The Morgan fingerprint density at radius 3 is 2.34 bits per heavy atom. The summed E-state index contributed by atoms with van der Waals surface area (Å²) in [6, 6.07) is 0. The number of ether oxygens (including phenoxy) is 3. The third kappa shape index (κ3) is 10.2. The Morgan fingerprint density at radius 1 is 1.00 bits per heavy atom. The first-order valence-corrected chi connectivity index (χ1v) is 12.6. The van der Waals surface area contributed by atoms with Crippen LogP contribution in [0.25, 0.3) is 0 Å². The Morgan fingerprint density at radius 2 is 1.66 bits per heavy atom. The molecule has 0 saturated heterocycles. The summed E-state index contributed by atoms with van der Waals surface area (Å²) in [5.41, 5.74) is -1.28. The molecule has 0 spiro atoms. The molecular weight excluding hydrogens is 450 g/mol. The van der Waals surface area contributed by atoms with Crippen LogP contribution in [0.5, 0.6) is 0 Å². The maximum absolute atomic E-state index is 12.3. The number of rotatable bonds is 13. The van der Waals surface area contributed by atoms with Crippen LogP contribution in [-0.2, 0) is 33.4 Å². The first kappa shape index (κ1) is 28.6. The van der Waals surface area contributed by atoms with E-state index in [1.807, 2.05) is 13.8 Å². The molecule has 1 heterocycles. The molecule has 1 aliphatic heterocycles. The Labute approximate surface area is 208 Å². The molecule has 0 aromatic rings. The van der Waals surface area contributed by atoms with E-state index < -0.39 is 17.2 Å². The van der Waals surface area contributed by atoms with Gasteiger partial charge in [-0.15, -0.1) is 11.8 Å². The molecule has 1 aliphatic carbocycles. The van der Waals surface area contributed by atoms with Gasteiger partial charge in [0, 0.05) is 38.0 Å². The largest absolute Gasteiger partial charge is 0.462 e. The van der Waals surface area contributed by atoms with E-state index in [2.05, 4.69) is 11.8 Å². The number of hydrogen-bond donors (Lipinski definition) is 0. The maximum Gasteiger partial charge on any atom is 0.306 e. The van der Waals surface area contributed by atoms with E-state index >= 15 is 0 Å². The van der Waals surface area contributed by atoms with Crippen molar-refractivity contribution in [3.8, 4) is 11.8 Å². The zero-order chi connectivity index (χ0) is 25.9. The van der Waals surface area contributed by atoms with Gasteiger partial charge in [0.05, 0.1) is 25.0 Å². The van der Waals surface area contributed by atoms with Crippen molar-refractivity contribution in [1.82, 2.24) is 4.90 Å². The van der Waals surface area contributed by atoms with Crippen LogP contribution in [-0.4, -0.2) is 59.1 Å². The lowest BCUT2D eigenvalue weighted by atomic mass is 9.98. The summed E-state index contributed by atoms with van der Waals surface area (Å²) < 4.78 is 17.2. The average molecular weight is 490 g/mol. The molecule has 0 N–H and O–H groups in total. The molecule has 0 radical (unpaired) electrons. The SMILES string of the molecule is CCC(C)(CCN1C(=O)C=CC1=O)OCCC(C)(C)OC(=O)CCC(=O)OC1CCC#CCCC1. The summed E-state index contributed by atoms with van der Waals surface area (Å²) in [6.45, 7) is 8.17. The highest BCUT2D eigenvalue weighted by atomic mass is 16.6. The number of carbonyl (C=O) groups excluding carboxylic acids is 4. The van der Waals surface area contributed by atoms with Gasteiger partial charge in [-0.3, -0.25) is 24.1 Å². The van der Waals surface area contributed by atoms with Gasteiger partial charge in [-0.25, -0.2) is 0 Å². The lowest BCUT2D eigenvalue weighted by Crippen LogP contribution is -2.39. The van der Waals surface area contributed by atoms with E-state index in [-0.39, 0.29) is 43.3 Å². The molecule has 35 heavy (non-hydrogen) atoms. The zero-order valence-corrected chi connectivity index (χ0v) is 21.5. The fraction of sp³-hybridized carbons (Fsp3) is 0.704. The third-order valence-electron chi connectivity index (χ3n) is 6.43. The quantitative estimate of drug-likeness (QED) is 0.220. The fourth-order valence-electron chi connectivity index (χ4n) is 3.84. The molecule has 2 aliphatic rings. The summed E-state index contributed by atoms with van der Waals surface area (Å²) in [4.78, 5) is 49.2. The molecule has 0 bridgehead atoms. The van der Waals surface area contributed by atoms with Crippen LogP contribution in [0.15, 0.2) is 12.2 Å². The van der Waals surface area contributed by atoms with Gasteiger partial charge >= 0.3 is 11.9 Å². The highest BCUT2D eigenvalue weighted by Crippen LogP contribution is 2.24. The third-order valence-corrected chi connectivity index (χ3v) is 6.43. The van der Waals surface area contributed by atoms with Crippen LogP contribution in [0.3, 0.4) is 0 Å². The molecule has 2 unspecified atom stereocenters. The molecule has 0 fully saturated rings. The average Bonchev–Trinajstić information content (AvgIpc) is 3.09. The first-order valence-electron chi connectivity index (χ1n) is 12.6. The zero-order valence-electron chi connectivity index (χ0n) is 21.5. The lowest BCUT2D eigenvalue weighted by molar-refractivity contribution is -0.163. The van der Waals surface area contributed by atoms with Crippen LogP contribution in [0.4, 0.5) is 0 Å². The molecule has 8 heteroatoms. The molecular formula is C27H39NO7. The maximum atomic E-state index is 12.3. The van der Waals surface area contributed by atoms with Gasteiger partial charge in [0.2, 0.25) is 0 Å². The number of nitrogens with zero attached hydrogens (tertiary/aromatic N) is 1. The monoisotopic (exact) mass is 489 g/mol. The van der Waals surface area contributed by atoms with E-state index in [1.54, 1.807) is 13.8 Å². The van der Waals surface area contributed by atoms with Crippen molar-refractivity contribution in [2.75, 3.05) is 13.2 Å². The Balaban J connectivity index is 1.69. The summed E-state index contributed by atoms with van der Waals surface area (Å²) in [7, 11) is 0. The summed E-state index contributed by atoms with van der Waals surface area (Å²) in [5.74, 6) is 4.70. The van der Waals surface area contributed by atoms with E-state index in [4.69, 9.17) is 14.2 Å². The fourth-order valence-corrected chi connectivity index (χ4v) is 3.84. The van der Waals surface area contributed by atoms with E-state index in [1.165, 1.54) is 17.1 Å².